The number of ether oxygens (including phenoxy) is 2. The fraction of sp³-hybridized carbons (Fsp3) is 0.333. The summed E-state index contributed by atoms with van der Waals surface area (Å²) in [5.41, 5.74) is 3.05. The van der Waals surface area contributed by atoms with Gasteiger partial charge in [0.05, 0.1) is 30.7 Å². The Morgan fingerprint density at radius 2 is 1.81 bits per heavy atom. The maximum absolute atomic E-state index is 12.8. The lowest BCUT2D eigenvalue weighted by atomic mass is 10.1. The number of benzene rings is 2. The largest absolute Gasteiger partial charge is 0.493 e. The van der Waals surface area contributed by atoms with Gasteiger partial charge in [0.1, 0.15) is 5.75 Å². The summed E-state index contributed by atoms with van der Waals surface area (Å²) in [6.45, 7) is 5.60. The molecular weight excluding hydrogens is 360 g/mol. The van der Waals surface area contributed by atoms with Gasteiger partial charge in [0.15, 0.2) is 5.16 Å². The van der Waals surface area contributed by atoms with Crippen LogP contribution in [0.2, 0.25) is 0 Å². The van der Waals surface area contributed by atoms with E-state index in [1.807, 2.05) is 36.4 Å². The molecule has 6 heteroatoms. The molecule has 5 nitrogen and oxygen atoms in total. The lowest BCUT2D eigenvalue weighted by Gasteiger charge is -2.13. The van der Waals surface area contributed by atoms with Crippen molar-refractivity contribution in [2.24, 2.45) is 0 Å². The molecule has 0 aliphatic heterocycles. The molecule has 0 fully saturated rings. The lowest BCUT2D eigenvalue weighted by Crippen LogP contribution is -2.25. The minimum atomic E-state index is -0.0321. The van der Waals surface area contributed by atoms with Gasteiger partial charge in [-0.2, -0.15) is 0 Å². The van der Waals surface area contributed by atoms with Gasteiger partial charge >= 0.3 is 0 Å². The first-order valence-electron chi connectivity index (χ1n) is 8.91. The average molecular weight is 385 g/mol. The fourth-order valence-corrected chi connectivity index (χ4v) is 3.79. The topological polar surface area (TPSA) is 53.4 Å². The van der Waals surface area contributed by atoms with Gasteiger partial charge in [-0.15, -0.1) is 0 Å². The number of aromatic nitrogens is 2. The second-order valence-electron chi connectivity index (χ2n) is 6.38. The smallest absolute Gasteiger partial charge is 0.262 e. The first kappa shape index (κ1) is 19.5. The van der Waals surface area contributed by atoms with E-state index in [1.165, 1.54) is 22.9 Å². The number of nitrogens with zero attached hydrogens (tertiary/aromatic N) is 2. The summed E-state index contributed by atoms with van der Waals surface area (Å²) in [5.74, 6) is 1.57. The van der Waals surface area contributed by atoms with E-state index in [9.17, 15) is 4.79 Å². The van der Waals surface area contributed by atoms with Crippen LogP contribution in [0.5, 0.6) is 5.75 Å². The minimum absolute atomic E-state index is 0.0321. The molecule has 0 saturated heterocycles. The van der Waals surface area contributed by atoms with Crippen molar-refractivity contribution in [1.29, 1.82) is 0 Å². The normalized spacial score (nSPS) is 11.1. The molecule has 0 saturated carbocycles. The molecule has 3 rings (SSSR count). The Bertz CT molecular complexity index is 965. The van der Waals surface area contributed by atoms with Gasteiger partial charge < -0.3 is 9.47 Å². The van der Waals surface area contributed by atoms with E-state index >= 15 is 0 Å². The average Bonchev–Trinajstić information content (AvgIpc) is 2.64. The van der Waals surface area contributed by atoms with Crippen molar-refractivity contribution in [2.75, 3.05) is 26.1 Å². The molecule has 0 atom stereocenters. The standard InChI is InChI=1S/C21H24N2O3S/c1-15-12-16(2)14-17(13-15)26-10-11-27-21-22-19-7-5-4-6-18(19)20(24)23(21)8-9-25-3/h4-7,12-14H,8-11H2,1-3H3. The molecule has 3 aromatic rings. The Kier molecular flexibility index (Phi) is 6.53. The van der Waals surface area contributed by atoms with Crippen molar-refractivity contribution in [3.8, 4) is 5.75 Å². The predicted molar refractivity (Wildman–Crippen MR) is 110 cm³/mol. The Hall–Kier alpha value is -2.31. The van der Waals surface area contributed by atoms with Crippen LogP contribution in [0.4, 0.5) is 0 Å². The van der Waals surface area contributed by atoms with Crippen LogP contribution in [-0.2, 0) is 11.3 Å². The van der Waals surface area contributed by atoms with E-state index in [-0.39, 0.29) is 5.56 Å². The summed E-state index contributed by atoms with van der Waals surface area (Å²) in [7, 11) is 1.63. The third-order valence-electron chi connectivity index (χ3n) is 4.12. The molecule has 0 radical (unpaired) electrons. The van der Waals surface area contributed by atoms with Gasteiger partial charge in [0.2, 0.25) is 0 Å². The third-order valence-corrected chi connectivity index (χ3v) is 5.06. The molecular formula is C21H24N2O3S. The first-order valence-corrected chi connectivity index (χ1v) is 9.89. The SMILES string of the molecule is COCCn1c(SCCOc2cc(C)cc(C)c2)nc2ccccc2c1=O. The van der Waals surface area contributed by atoms with Crippen LogP contribution in [-0.4, -0.2) is 35.6 Å². The van der Waals surface area contributed by atoms with E-state index in [2.05, 4.69) is 24.9 Å². The van der Waals surface area contributed by atoms with Crippen molar-refractivity contribution in [2.45, 2.75) is 25.5 Å². The van der Waals surface area contributed by atoms with Crippen molar-refractivity contribution < 1.29 is 9.47 Å². The number of hydrogen-bond donors (Lipinski definition) is 0. The second-order valence-corrected chi connectivity index (χ2v) is 7.44. The predicted octanol–water partition coefficient (Wildman–Crippen LogP) is 3.83. The van der Waals surface area contributed by atoms with Crippen LogP contribution in [0.3, 0.4) is 0 Å². The highest BCUT2D eigenvalue weighted by Gasteiger charge is 2.11. The fourth-order valence-electron chi connectivity index (χ4n) is 2.95. The van der Waals surface area contributed by atoms with Crippen LogP contribution in [0.1, 0.15) is 11.1 Å². The quantitative estimate of drug-likeness (QED) is 0.336. The van der Waals surface area contributed by atoms with Crippen molar-refractivity contribution in [1.82, 2.24) is 9.55 Å². The Balaban J connectivity index is 1.74. The molecule has 0 unspecified atom stereocenters. The van der Waals surface area contributed by atoms with Crippen molar-refractivity contribution in [3.05, 3.63) is 63.9 Å². The monoisotopic (exact) mass is 384 g/mol. The molecule has 27 heavy (non-hydrogen) atoms. The summed E-state index contributed by atoms with van der Waals surface area (Å²) < 4.78 is 12.7. The maximum Gasteiger partial charge on any atom is 0.262 e. The number of methoxy groups -OCH3 is 1. The molecule has 0 bridgehead atoms. The molecule has 0 aliphatic rings. The van der Waals surface area contributed by atoms with Gasteiger partial charge in [-0.1, -0.05) is 30.0 Å². The van der Waals surface area contributed by atoms with Crippen LogP contribution in [0, 0.1) is 13.8 Å². The van der Waals surface area contributed by atoms with E-state index < -0.39 is 0 Å². The Morgan fingerprint density at radius 3 is 2.56 bits per heavy atom. The van der Waals surface area contributed by atoms with Crippen molar-refractivity contribution >= 4 is 22.7 Å². The summed E-state index contributed by atoms with van der Waals surface area (Å²) in [6.07, 6.45) is 0. The molecule has 0 aliphatic carbocycles. The number of aryl methyl sites for hydroxylation is 2. The highest BCUT2D eigenvalue weighted by Crippen LogP contribution is 2.20. The Morgan fingerprint density at radius 1 is 1.07 bits per heavy atom. The zero-order valence-electron chi connectivity index (χ0n) is 15.9. The van der Waals surface area contributed by atoms with E-state index in [0.29, 0.717) is 41.6 Å². The summed E-state index contributed by atoms with van der Waals surface area (Å²) in [4.78, 5) is 17.5. The second kappa shape index (κ2) is 9.06. The molecule has 0 N–H and O–H groups in total. The summed E-state index contributed by atoms with van der Waals surface area (Å²) in [6, 6.07) is 13.6. The molecule has 1 aromatic heterocycles. The van der Waals surface area contributed by atoms with E-state index in [0.717, 1.165) is 5.75 Å². The van der Waals surface area contributed by atoms with Gasteiger partial charge in [-0.25, -0.2) is 4.98 Å². The van der Waals surface area contributed by atoms with E-state index in [1.54, 1.807) is 11.7 Å². The van der Waals surface area contributed by atoms with Crippen LogP contribution in [0.25, 0.3) is 10.9 Å². The van der Waals surface area contributed by atoms with Crippen molar-refractivity contribution in [3.63, 3.8) is 0 Å². The highest BCUT2D eigenvalue weighted by atomic mass is 32.2. The van der Waals surface area contributed by atoms with Gasteiger partial charge in [-0.3, -0.25) is 9.36 Å². The molecule has 0 spiro atoms. The third kappa shape index (κ3) is 4.90. The zero-order chi connectivity index (χ0) is 19.2. The molecule has 0 amide bonds. The number of para-hydroxylation sites is 1. The molecule has 142 valence electrons. The summed E-state index contributed by atoms with van der Waals surface area (Å²) in [5, 5.41) is 1.32. The van der Waals surface area contributed by atoms with Crippen LogP contribution < -0.4 is 10.3 Å². The first-order chi connectivity index (χ1) is 13.1. The number of thioether (sulfide) groups is 1. The van der Waals surface area contributed by atoms with Gasteiger partial charge in [-0.05, 0) is 49.2 Å². The lowest BCUT2D eigenvalue weighted by molar-refractivity contribution is 0.183. The summed E-state index contributed by atoms with van der Waals surface area (Å²) >= 11 is 1.53. The molecule has 2 aromatic carbocycles. The van der Waals surface area contributed by atoms with Crippen LogP contribution in [0.15, 0.2) is 52.4 Å². The van der Waals surface area contributed by atoms with Crippen LogP contribution >= 0.6 is 11.8 Å². The maximum atomic E-state index is 12.8. The number of rotatable bonds is 8. The van der Waals surface area contributed by atoms with Gasteiger partial charge in [0, 0.05) is 12.9 Å². The minimum Gasteiger partial charge on any atom is -0.493 e. The van der Waals surface area contributed by atoms with Gasteiger partial charge in [0.25, 0.3) is 5.56 Å². The number of fused-ring (bicyclic) bond motifs is 1. The highest BCUT2D eigenvalue weighted by molar-refractivity contribution is 7.99. The number of hydrogen-bond acceptors (Lipinski definition) is 5. The Labute approximate surface area is 163 Å². The molecule has 1 heterocycles. The zero-order valence-corrected chi connectivity index (χ0v) is 16.7. The van der Waals surface area contributed by atoms with E-state index in [4.69, 9.17) is 9.47 Å².